The Balaban J connectivity index is 0.908. The summed E-state index contributed by atoms with van der Waals surface area (Å²) < 4.78 is 7.48. The lowest BCUT2D eigenvalue weighted by atomic mass is 9.86. The maximum Gasteiger partial charge on any atom is 0.0555 e. The zero-order valence-corrected chi connectivity index (χ0v) is 31.9. The van der Waals surface area contributed by atoms with Crippen LogP contribution in [0.3, 0.4) is 0 Å². The molecule has 0 saturated carbocycles. The first kappa shape index (κ1) is 32.0. The van der Waals surface area contributed by atoms with Crippen LogP contribution in [0.15, 0.2) is 176 Å². The minimum atomic E-state index is 0.0968. The lowest BCUT2D eigenvalue weighted by molar-refractivity contribution is 0.591. The van der Waals surface area contributed by atoms with Gasteiger partial charge < -0.3 is 9.13 Å². The second kappa shape index (κ2) is 12.0. The lowest BCUT2D eigenvalue weighted by Crippen LogP contribution is -2.10. The quantitative estimate of drug-likeness (QED) is 0.171. The molecule has 0 unspecified atom stereocenters. The van der Waals surface area contributed by atoms with Crippen LogP contribution in [0.5, 0.6) is 0 Å². The van der Waals surface area contributed by atoms with E-state index >= 15 is 0 Å². The second-order valence-corrected chi connectivity index (χ2v) is 16.9. The van der Waals surface area contributed by atoms with Gasteiger partial charge >= 0.3 is 0 Å². The first-order chi connectivity index (χ1) is 26.9. The molecular formula is C52H38N2S. The number of hydrogen-bond acceptors (Lipinski definition) is 1. The van der Waals surface area contributed by atoms with Gasteiger partial charge in [0.15, 0.2) is 0 Å². The number of aromatic nitrogens is 2. The summed E-state index contributed by atoms with van der Waals surface area (Å²) in [5, 5.41) is 7.85. The van der Waals surface area contributed by atoms with Crippen LogP contribution < -0.4 is 0 Å². The van der Waals surface area contributed by atoms with E-state index in [1.165, 1.54) is 103 Å². The van der Waals surface area contributed by atoms with Crippen LogP contribution in [0.1, 0.15) is 26.3 Å². The second-order valence-electron chi connectivity index (χ2n) is 15.8. The van der Waals surface area contributed by atoms with Crippen molar-refractivity contribution in [2.45, 2.75) is 26.2 Å². The highest BCUT2D eigenvalue weighted by molar-refractivity contribution is 7.25. The summed E-state index contributed by atoms with van der Waals surface area (Å²) in [6.45, 7) is 6.85. The summed E-state index contributed by atoms with van der Waals surface area (Å²) >= 11 is 1.88. The van der Waals surface area contributed by atoms with E-state index in [9.17, 15) is 0 Å². The first-order valence-electron chi connectivity index (χ1n) is 19.1. The SMILES string of the molecule is CC(C)(C)c1ccc2c(c1)c1ccccc1n2-c1ccc(-c2ccc(-c3ccc(-n4c5ccccc5c5cc6c(cc54)sc4ccccc46)cc3)cc2)cc1. The Hall–Kier alpha value is -6.42. The number of benzene rings is 8. The summed E-state index contributed by atoms with van der Waals surface area (Å²) in [6.07, 6.45) is 0. The molecule has 0 saturated heterocycles. The molecule has 3 heteroatoms. The van der Waals surface area contributed by atoms with Crippen molar-refractivity contribution in [2.24, 2.45) is 0 Å². The molecule has 0 spiro atoms. The molecule has 0 bridgehead atoms. The molecule has 3 aromatic heterocycles. The van der Waals surface area contributed by atoms with Crippen LogP contribution in [0.2, 0.25) is 0 Å². The van der Waals surface area contributed by atoms with Crippen molar-refractivity contribution in [3.8, 4) is 33.6 Å². The Morgan fingerprint density at radius 3 is 1.36 bits per heavy atom. The maximum atomic E-state index is 2.42. The van der Waals surface area contributed by atoms with Gasteiger partial charge in [-0.05, 0) is 100.0 Å². The van der Waals surface area contributed by atoms with Crippen molar-refractivity contribution >= 4 is 75.1 Å². The van der Waals surface area contributed by atoms with Gasteiger partial charge in [0.2, 0.25) is 0 Å². The summed E-state index contributed by atoms with van der Waals surface area (Å²) in [5.41, 5.74) is 13.6. The van der Waals surface area contributed by atoms with E-state index in [0.29, 0.717) is 0 Å². The summed E-state index contributed by atoms with van der Waals surface area (Å²) in [4.78, 5) is 0. The third-order valence-electron chi connectivity index (χ3n) is 11.5. The van der Waals surface area contributed by atoms with Crippen LogP contribution >= 0.6 is 11.3 Å². The van der Waals surface area contributed by atoms with Gasteiger partial charge in [0.1, 0.15) is 0 Å². The lowest BCUT2D eigenvalue weighted by Gasteiger charge is -2.19. The molecule has 0 aliphatic heterocycles. The van der Waals surface area contributed by atoms with Crippen LogP contribution in [0.25, 0.3) is 97.4 Å². The van der Waals surface area contributed by atoms with Gasteiger partial charge in [0.25, 0.3) is 0 Å². The summed E-state index contributed by atoms with van der Waals surface area (Å²) in [6, 6.07) is 65.1. The average Bonchev–Trinajstić information content (AvgIpc) is 3.87. The zero-order valence-electron chi connectivity index (χ0n) is 31.0. The standard InChI is InChI=1S/C52H38N2S/c1-52(2,3)37-24-29-48-43(30-37)40-10-4-7-13-46(40)53(48)38-25-20-35(21-26-38)33-16-18-34(19-17-33)36-22-27-39(28-23-36)54-47-14-8-5-11-41(47)44-31-45-42-12-6-9-15-50(42)55-51(45)32-49(44)54/h4-32H,1-3H3. The molecule has 2 nitrogen and oxygen atoms in total. The largest absolute Gasteiger partial charge is 0.309 e. The van der Waals surface area contributed by atoms with Crippen LogP contribution in [0, 0.1) is 0 Å². The number of nitrogens with zero attached hydrogens (tertiary/aromatic N) is 2. The summed E-state index contributed by atoms with van der Waals surface area (Å²) in [7, 11) is 0. The molecule has 0 amide bonds. The Bertz CT molecular complexity index is 3260. The molecule has 0 radical (unpaired) electrons. The minimum absolute atomic E-state index is 0.0968. The fourth-order valence-electron chi connectivity index (χ4n) is 8.64. The number of para-hydroxylation sites is 2. The predicted octanol–water partition coefficient (Wildman–Crippen LogP) is 14.9. The molecule has 11 aromatic rings. The van der Waals surface area contributed by atoms with Crippen molar-refractivity contribution in [2.75, 3.05) is 0 Å². The van der Waals surface area contributed by atoms with E-state index in [1.54, 1.807) is 0 Å². The summed E-state index contributed by atoms with van der Waals surface area (Å²) in [5.74, 6) is 0. The average molecular weight is 723 g/mol. The fraction of sp³-hybridized carbons (Fsp3) is 0.0769. The monoisotopic (exact) mass is 722 g/mol. The van der Waals surface area contributed by atoms with Gasteiger partial charge in [0.05, 0.1) is 22.1 Å². The predicted molar refractivity (Wildman–Crippen MR) is 238 cm³/mol. The molecule has 11 rings (SSSR count). The number of thiophene rings is 1. The van der Waals surface area contributed by atoms with E-state index in [2.05, 4.69) is 206 Å². The molecular weight excluding hydrogens is 685 g/mol. The normalized spacial score (nSPS) is 12.3. The van der Waals surface area contributed by atoms with Crippen molar-refractivity contribution < 1.29 is 0 Å². The molecule has 55 heavy (non-hydrogen) atoms. The molecule has 0 aliphatic rings. The molecule has 0 atom stereocenters. The molecule has 0 N–H and O–H groups in total. The van der Waals surface area contributed by atoms with Crippen LogP contribution in [-0.4, -0.2) is 9.13 Å². The van der Waals surface area contributed by atoms with Crippen molar-refractivity contribution in [3.05, 3.63) is 181 Å². The Morgan fingerprint density at radius 2 is 0.800 bits per heavy atom. The smallest absolute Gasteiger partial charge is 0.0555 e. The van der Waals surface area contributed by atoms with Crippen LogP contribution in [0.4, 0.5) is 0 Å². The highest BCUT2D eigenvalue weighted by atomic mass is 32.1. The van der Waals surface area contributed by atoms with E-state index < -0.39 is 0 Å². The molecule has 8 aromatic carbocycles. The van der Waals surface area contributed by atoms with Crippen LogP contribution in [-0.2, 0) is 5.41 Å². The zero-order chi connectivity index (χ0) is 36.8. The number of fused-ring (bicyclic) bond motifs is 9. The Kier molecular flexibility index (Phi) is 7.02. The fourth-order valence-corrected chi connectivity index (χ4v) is 9.77. The van der Waals surface area contributed by atoms with Gasteiger partial charge in [0, 0.05) is 53.1 Å². The topological polar surface area (TPSA) is 9.86 Å². The van der Waals surface area contributed by atoms with E-state index in [1.807, 2.05) is 11.3 Å². The van der Waals surface area contributed by atoms with E-state index in [4.69, 9.17) is 0 Å². The van der Waals surface area contributed by atoms with Crippen molar-refractivity contribution in [3.63, 3.8) is 0 Å². The van der Waals surface area contributed by atoms with E-state index in [-0.39, 0.29) is 5.41 Å². The Labute approximate surface area is 324 Å². The van der Waals surface area contributed by atoms with Gasteiger partial charge in [-0.1, -0.05) is 130 Å². The number of hydrogen-bond donors (Lipinski definition) is 0. The third kappa shape index (κ3) is 5.07. The molecule has 0 fully saturated rings. The number of rotatable bonds is 4. The maximum absolute atomic E-state index is 2.42. The minimum Gasteiger partial charge on any atom is -0.309 e. The molecule has 3 heterocycles. The molecule has 0 aliphatic carbocycles. The Morgan fingerprint density at radius 1 is 0.345 bits per heavy atom. The third-order valence-corrected chi connectivity index (χ3v) is 12.6. The van der Waals surface area contributed by atoms with Gasteiger partial charge in [-0.3, -0.25) is 0 Å². The van der Waals surface area contributed by atoms with E-state index in [0.717, 1.165) is 0 Å². The first-order valence-corrected chi connectivity index (χ1v) is 19.9. The highest BCUT2D eigenvalue weighted by Gasteiger charge is 2.19. The van der Waals surface area contributed by atoms with Gasteiger partial charge in [-0.2, -0.15) is 0 Å². The van der Waals surface area contributed by atoms with Gasteiger partial charge in [-0.15, -0.1) is 11.3 Å². The highest BCUT2D eigenvalue weighted by Crippen LogP contribution is 2.41. The van der Waals surface area contributed by atoms with Crippen molar-refractivity contribution in [1.29, 1.82) is 0 Å². The van der Waals surface area contributed by atoms with Crippen molar-refractivity contribution in [1.82, 2.24) is 9.13 Å². The molecule has 262 valence electrons. The van der Waals surface area contributed by atoms with Gasteiger partial charge in [-0.25, -0.2) is 0 Å².